The maximum atomic E-state index is 13.1. The van der Waals surface area contributed by atoms with Crippen molar-refractivity contribution in [3.63, 3.8) is 0 Å². The average Bonchev–Trinajstić information content (AvgIpc) is 3.13. The van der Waals surface area contributed by atoms with Crippen molar-refractivity contribution in [2.45, 2.75) is 0 Å². The number of fused-ring (bicyclic) bond motifs is 1. The number of carbonyl (C=O) groups is 4. The third kappa shape index (κ3) is 4.61. The Hall–Kier alpha value is -5.44. The highest BCUT2D eigenvalue weighted by atomic mass is 16.3. The molecule has 1 heterocycles. The van der Waals surface area contributed by atoms with Gasteiger partial charge in [-0.25, -0.2) is 4.90 Å². The Bertz CT molecular complexity index is 1580. The van der Waals surface area contributed by atoms with Crippen LogP contribution in [0.4, 0.5) is 17.1 Å². The fourth-order valence-corrected chi connectivity index (χ4v) is 3.95. The third-order valence-corrected chi connectivity index (χ3v) is 5.74. The number of hydrogen-bond acceptors (Lipinski definition) is 6. The van der Waals surface area contributed by atoms with Gasteiger partial charge in [0.1, 0.15) is 11.5 Å². The van der Waals surface area contributed by atoms with Crippen LogP contribution < -0.4 is 15.5 Å². The molecule has 0 radical (unpaired) electrons. The van der Waals surface area contributed by atoms with Gasteiger partial charge in [-0.15, -0.1) is 0 Å². The molecule has 0 aliphatic carbocycles. The van der Waals surface area contributed by atoms with E-state index in [1.807, 2.05) is 0 Å². The summed E-state index contributed by atoms with van der Waals surface area (Å²) in [4.78, 5) is 52.3. The zero-order chi connectivity index (χ0) is 26.1. The fraction of sp³-hybridized carbons (Fsp3) is 0. The van der Waals surface area contributed by atoms with Gasteiger partial charge < -0.3 is 20.8 Å². The molecule has 4 aromatic rings. The predicted molar refractivity (Wildman–Crippen MR) is 136 cm³/mol. The number of nitrogens with one attached hydrogen (secondary N) is 2. The minimum atomic E-state index is -0.594. The Morgan fingerprint density at radius 3 is 1.68 bits per heavy atom. The van der Waals surface area contributed by atoms with E-state index in [2.05, 4.69) is 10.6 Å². The molecule has 0 atom stereocenters. The first-order valence-corrected chi connectivity index (χ1v) is 11.1. The van der Waals surface area contributed by atoms with Crippen LogP contribution >= 0.6 is 0 Å². The van der Waals surface area contributed by atoms with Crippen molar-refractivity contribution >= 4 is 40.7 Å². The number of hydrogen-bond donors (Lipinski definition) is 4. The van der Waals surface area contributed by atoms with Crippen LogP contribution in [0.5, 0.6) is 11.5 Å². The van der Waals surface area contributed by atoms with Gasteiger partial charge in [0.25, 0.3) is 23.6 Å². The largest absolute Gasteiger partial charge is 0.508 e. The number of nitrogens with zero attached hydrogens (tertiary/aromatic N) is 1. The molecule has 0 aromatic heterocycles. The molecule has 1 aliphatic rings. The van der Waals surface area contributed by atoms with Crippen molar-refractivity contribution in [3.05, 3.63) is 113 Å². The lowest BCUT2D eigenvalue weighted by Crippen LogP contribution is -2.29. The highest BCUT2D eigenvalue weighted by Gasteiger charge is 2.37. The lowest BCUT2D eigenvalue weighted by atomic mass is 10.1. The Kier molecular flexibility index (Phi) is 5.86. The summed E-state index contributed by atoms with van der Waals surface area (Å²) in [6, 6.07) is 22.3. The number of anilines is 3. The van der Waals surface area contributed by atoms with Crippen LogP contribution in [0.15, 0.2) is 91.0 Å². The Labute approximate surface area is 210 Å². The van der Waals surface area contributed by atoms with Gasteiger partial charge in [0.15, 0.2) is 0 Å². The SMILES string of the molecule is O=C(Nc1cccc(O)c1)c1ccc(N2C(=O)c3ccc(C(=O)Nc4cccc(O)c4)cc3C2=O)cc1. The molecule has 4 aromatic carbocycles. The van der Waals surface area contributed by atoms with E-state index >= 15 is 0 Å². The first-order valence-electron chi connectivity index (χ1n) is 11.1. The number of rotatable bonds is 5. The van der Waals surface area contributed by atoms with Crippen LogP contribution in [0.2, 0.25) is 0 Å². The van der Waals surface area contributed by atoms with E-state index in [0.717, 1.165) is 4.90 Å². The minimum absolute atomic E-state index is 0.00830. The van der Waals surface area contributed by atoms with Crippen molar-refractivity contribution in [2.24, 2.45) is 0 Å². The van der Waals surface area contributed by atoms with Crippen LogP contribution in [-0.4, -0.2) is 33.8 Å². The molecule has 37 heavy (non-hydrogen) atoms. The molecule has 0 bridgehead atoms. The Balaban J connectivity index is 1.33. The topological polar surface area (TPSA) is 136 Å². The van der Waals surface area contributed by atoms with E-state index in [0.29, 0.717) is 11.4 Å². The maximum Gasteiger partial charge on any atom is 0.266 e. The van der Waals surface area contributed by atoms with Crippen LogP contribution in [0, 0.1) is 0 Å². The third-order valence-electron chi connectivity index (χ3n) is 5.74. The predicted octanol–water partition coefficient (Wildman–Crippen LogP) is 4.40. The lowest BCUT2D eigenvalue weighted by Gasteiger charge is -2.14. The zero-order valence-electron chi connectivity index (χ0n) is 19.1. The first-order chi connectivity index (χ1) is 17.8. The zero-order valence-corrected chi connectivity index (χ0v) is 19.1. The van der Waals surface area contributed by atoms with Crippen molar-refractivity contribution in [2.75, 3.05) is 15.5 Å². The number of amides is 4. The maximum absolute atomic E-state index is 13.1. The van der Waals surface area contributed by atoms with Crippen LogP contribution in [0.25, 0.3) is 0 Å². The van der Waals surface area contributed by atoms with E-state index in [9.17, 15) is 29.4 Å². The summed E-state index contributed by atoms with van der Waals surface area (Å²) in [6.07, 6.45) is 0. The smallest absolute Gasteiger partial charge is 0.266 e. The molecular formula is C28H19N3O6. The van der Waals surface area contributed by atoms with Crippen molar-refractivity contribution in [1.29, 1.82) is 0 Å². The van der Waals surface area contributed by atoms with Gasteiger partial charge in [-0.1, -0.05) is 12.1 Å². The molecule has 9 heteroatoms. The Morgan fingerprint density at radius 2 is 1.11 bits per heavy atom. The summed E-state index contributed by atoms with van der Waals surface area (Å²) in [5.41, 5.74) is 1.76. The average molecular weight is 493 g/mol. The molecule has 0 saturated carbocycles. The molecule has 4 N–H and O–H groups in total. The van der Waals surface area contributed by atoms with Gasteiger partial charge in [0, 0.05) is 34.6 Å². The summed E-state index contributed by atoms with van der Waals surface area (Å²) in [6.45, 7) is 0. The van der Waals surface area contributed by atoms with Gasteiger partial charge >= 0.3 is 0 Å². The molecule has 9 nitrogen and oxygen atoms in total. The molecule has 5 rings (SSSR count). The number of imide groups is 1. The summed E-state index contributed by atoms with van der Waals surface area (Å²) in [5.74, 6) is -2.07. The van der Waals surface area contributed by atoms with Crippen LogP contribution in [-0.2, 0) is 0 Å². The molecule has 1 aliphatic heterocycles. The van der Waals surface area contributed by atoms with E-state index < -0.39 is 23.6 Å². The van der Waals surface area contributed by atoms with Crippen molar-refractivity contribution in [1.82, 2.24) is 0 Å². The Morgan fingerprint density at radius 1 is 0.595 bits per heavy atom. The van der Waals surface area contributed by atoms with E-state index in [4.69, 9.17) is 0 Å². The van der Waals surface area contributed by atoms with Gasteiger partial charge in [-0.05, 0) is 66.7 Å². The van der Waals surface area contributed by atoms with Crippen LogP contribution in [0.1, 0.15) is 41.4 Å². The number of phenols is 2. The molecule has 0 saturated heterocycles. The quantitative estimate of drug-likeness (QED) is 0.304. The molecule has 0 spiro atoms. The van der Waals surface area contributed by atoms with Crippen molar-refractivity contribution in [3.8, 4) is 11.5 Å². The second-order valence-corrected chi connectivity index (χ2v) is 8.26. The number of phenolic OH excluding ortho intramolecular Hbond substituents is 2. The molecule has 0 unspecified atom stereocenters. The van der Waals surface area contributed by atoms with Gasteiger partial charge in [-0.2, -0.15) is 0 Å². The number of benzene rings is 4. The minimum Gasteiger partial charge on any atom is -0.508 e. The standard InChI is InChI=1S/C28H19N3O6/c32-21-5-1-3-18(14-21)29-25(34)16-7-10-20(11-8-16)31-27(36)23-12-9-17(13-24(23)28(31)37)26(35)30-19-4-2-6-22(33)15-19/h1-15,32-33H,(H,29,34)(H,30,35). The number of carbonyl (C=O) groups excluding carboxylic acids is 4. The summed E-state index contributed by atoms with van der Waals surface area (Å²) in [5, 5.41) is 24.4. The summed E-state index contributed by atoms with van der Waals surface area (Å²) >= 11 is 0. The summed E-state index contributed by atoms with van der Waals surface area (Å²) < 4.78 is 0. The normalized spacial score (nSPS) is 12.3. The highest BCUT2D eigenvalue weighted by Crippen LogP contribution is 2.30. The number of aromatic hydroxyl groups is 2. The van der Waals surface area contributed by atoms with Gasteiger partial charge in [-0.3, -0.25) is 19.2 Å². The van der Waals surface area contributed by atoms with E-state index in [1.54, 1.807) is 24.3 Å². The second-order valence-electron chi connectivity index (χ2n) is 8.26. The first kappa shape index (κ1) is 23.3. The summed E-state index contributed by atoms with van der Waals surface area (Å²) in [7, 11) is 0. The fourth-order valence-electron chi connectivity index (χ4n) is 3.95. The van der Waals surface area contributed by atoms with Gasteiger partial charge in [0.2, 0.25) is 0 Å². The van der Waals surface area contributed by atoms with E-state index in [-0.39, 0.29) is 39.4 Å². The second kappa shape index (κ2) is 9.31. The highest BCUT2D eigenvalue weighted by molar-refractivity contribution is 6.34. The monoisotopic (exact) mass is 493 g/mol. The molecular weight excluding hydrogens is 474 g/mol. The molecule has 0 fully saturated rings. The molecule has 182 valence electrons. The van der Waals surface area contributed by atoms with E-state index in [1.165, 1.54) is 66.7 Å². The lowest BCUT2D eigenvalue weighted by molar-refractivity contribution is 0.0924. The van der Waals surface area contributed by atoms with Crippen LogP contribution in [0.3, 0.4) is 0 Å². The van der Waals surface area contributed by atoms with Gasteiger partial charge in [0.05, 0.1) is 16.8 Å². The molecule has 4 amide bonds. The van der Waals surface area contributed by atoms with Crippen molar-refractivity contribution < 1.29 is 29.4 Å².